The first-order chi connectivity index (χ1) is 8.29. The molecule has 0 N–H and O–H groups in total. The molecule has 0 radical (unpaired) electrons. The quantitative estimate of drug-likeness (QED) is 0.741. The van der Waals surface area contributed by atoms with Crippen LogP contribution in [-0.4, -0.2) is 20.0 Å². The summed E-state index contributed by atoms with van der Waals surface area (Å²) in [5.74, 6) is 0. The lowest BCUT2D eigenvalue weighted by molar-refractivity contribution is 0.700. The third-order valence-electron chi connectivity index (χ3n) is 2.76. The molecule has 17 heavy (non-hydrogen) atoms. The fourth-order valence-electron chi connectivity index (χ4n) is 1.76. The van der Waals surface area contributed by atoms with Gasteiger partial charge in [-0.2, -0.15) is 15.3 Å². The van der Waals surface area contributed by atoms with E-state index < -0.39 is 0 Å². The van der Waals surface area contributed by atoms with Gasteiger partial charge in [0.15, 0.2) is 0 Å². The Labute approximate surface area is 102 Å². The van der Waals surface area contributed by atoms with Crippen molar-refractivity contribution in [3.05, 3.63) is 30.2 Å². The molecule has 2 aromatic heterocycles. The minimum Gasteiger partial charge on any atom is -0.275 e. The maximum absolute atomic E-state index is 4.25. The van der Waals surface area contributed by atoms with Crippen LogP contribution in [0.3, 0.4) is 0 Å². The van der Waals surface area contributed by atoms with Crippen molar-refractivity contribution in [1.29, 1.82) is 0 Å². The van der Waals surface area contributed by atoms with Crippen molar-refractivity contribution in [2.24, 2.45) is 7.05 Å². The van der Waals surface area contributed by atoms with Gasteiger partial charge in [-0.25, -0.2) is 0 Å². The number of aromatic nitrogens is 4. The molecule has 0 aliphatic heterocycles. The maximum Gasteiger partial charge on any atom is 0.0961 e. The van der Waals surface area contributed by atoms with Gasteiger partial charge in [0.1, 0.15) is 0 Å². The zero-order chi connectivity index (χ0) is 12.1. The Kier molecular flexibility index (Phi) is 3.85. The van der Waals surface area contributed by atoms with E-state index in [0.717, 1.165) is 23.4 Å². The minimum absolute atomic E-state index is 0.886. The number of nitrogens with zero attached hydrogens (tertiary/aromatic N) is 4. The third kappa shape index (κ3) is 3.12. The molecule has 0 amide bonds. The fourth-order valence-corrected chi connectivity index (χ4v) is 1.76. The summed E-state index contributed by atoms with van der Waals surface area (Å²) in [5.41, 5.74) is 2.98. The molecule has 0 aliphatic carbocycles. The second kappa shape index (κ2) is 5.57. The molecular formula is C13H18N4. The molecule has 0 fully saturated rings. The van der Waals surface area contributed by atoms with E-state index in [9.17, 15) is 0 Å². The number of unbranched alkanes of at least 4 members (excludes halogenated alkanes) is 2. The monoisotopic (exact) mass is 230 g/mol. The second-order valence-corrected chi connectivity index (χ2v) is 4.27. The Bertz CT molecular complexity index is 459. The van der Waals surface area contributed by atoms with Gasteiger partial charge in [-0.3, -0.25) is 4.68 Å². The number of hydrogen-bond donors (Lipinski definition) is 0. The predicted molar refractivity (Wildman–Crippen MR) is 67.5 cm³/mol. The van der Waals surface area contributed by atoms with Gasteiger partial charge in [-0.1, -0.05) is 19.8 Å². The van der Waals surface area contributed by atoms with E-state index in [0.29, 0.717) is 0 Å². The van der Waals surface area contributed by atoms with E-state index in [2.05, 4.69) is 28.3 Å². The van der Waals surface area contributed by atoms with Gasteiger partial charge < -0.3 is 0 Å². The van der Waals surface area contributed by atoms with Crippen molar-refractivity contribution in [2.75, 3.05) is 0 Å². The van der Waals surface area contributed by atoms with E-state index in [1.165, 1.54) is 19.3 Å². The summed E-state index contributed by atoms with van der Waals surface area (Å²) in [7, 11) is 1.90. The molecule has 2 aromatic rings. The van der Waals surface area contributed by atoms with Crippen molar-refractivity contribution < 1.29 is 0 Å². The molecule has 0 spiro atoms. The first kappa shape index (κ1) is 11.8. The van der Waals surface area contributed by atoms with Crippen LogP contribution in [0.2, 0.25) is 0 Å². The molecule has 4 heteroatoms. The summed E-state index contributed by atoms with van der Waals surface area (Å²) in [6, 6.07) is 4.08. The van der Waals surface area contributed by atoms with Crippen molar-refractivity contribution in [3.63, 3.8) is 0 Å². The highest BCUT2D eigenvalue weighted by Gasteiger charge is 2.03. The molecule has 0 saturated heterocycles. The smallest absolute Gasteiger partial charge is 0.0961 e. The molecule has 90 valence electrons. The van der Waals surface area contributed by atoms with Gasteiger partial charge in [0.05, 0.1) is 17.6 Å². The largest absolute Gasteiger partial charge is 0.275 e. The highest BCUT2D eigenvalue weighted by molar-refractivity contribution is 5.55. The standard InChI is InChI=1S/C13H18N4/c1-3-4-5-6-12-7-8-13(16-15-12)11-9-14-17(2)10-11/h7-10H,3-6H2,1-2H3. The van der Waals surface area contributed by atoms with Gasteiger partial charge in [0, 0.05) is 18.8 Å². The van der Waals surface area contributed by atoms with Gasteiger partial charge in [-0.15, -0.1) is 0 Å². The number of rotatable bonds is 5. The van der Waals surface area contributed by atoms with Crippen molar-refractivity contribution in [3.8, 4) is 11.3 Å². The molecule has 0 saturated carbocycles. The molecular weight excluding hydrogens is 212 g/mol. The van der Waals surface area contributed by atoms with E-state index in [1.54, 1.807) is 10.9 Å². The first-order valence-electron chi connectivity index (χ1n) is 6.11. The number of hydrogen-bond acceptors (Lipinski definition) is 3. The van der Waals surface area contributed by atoms with Crippen molar-refractivity contribution in [2.45, 2.75) is 32.6 Å². The van der Waals surface area contributed by atoms with Crippen LogP contribution in [0.4, 0.5) is 0 Å². The summed E-state index contributed by atoms with van der Waals surface area (Å²) in [4.78, 5) is 0. The van der Waals surface area contributed by atoms with Crippen LogP contribution in [0.15, 0.2) is 24.5 Å². The summed E-state index contributed by atoms with van der Waals surface area (Å²) >= 11 is 0. The molecule has 0 unspecified atom stereocenters. The lowest BCUT2D eigenvalue weighted by Crippen LogP contribution is -1.94. The lowest BCUT2D eigenvalue weighted by atomic mass is 10.1. The van der Waals surface area contributed by atoms with Crippen LogP contribution in [0, 0.1) is 0 Å². The summed E-state index contributed by atoms with van der Waals surface area (Å²) in [5, 5.41) is 12.6. The van der Waals surface area contributed by atoms with E-state index in [1.807, 2.05) is 19.3 Å². The topological polar surface area (TPSA) is 43.6 Å². The normalized spacial score (nSPS) is 10.7. The van der Waals surface area contributed by atoms with E-state index in [-0.39, 0.29) is 0 Å². The Morgan fingerprint density at radius 3 is 2.65 bits per heavy atom. The Morgan fingerprint density at radius 1 is 1.18 bits per heavy atom. The van der Waals surface area contributed by atoms with Crippen molar-refractivity contribution >= 4 is 0 Å². The van der Waals surface area contributed by atoms with Crippen LogP contribution in [0.1, 0.15) is 31.9 Å². The summed E-state index contributed by atoms with van der Waals surface area (Å²) in [6.45, 7) is 2.21. The van der Waals surface area contributed by atoms with Crippen LogP contribution in [0.5, 0.6) is 0 Å². The van der Waals surface area contributed by atoms with Crippen LogP contribution in [-0.2, 0) is 13.5 Å². The highest BCUT2D eigenvalue weighted by atomic mass is 15.2. The molecule has 0 atom stereocenters. The molecule has 0 bridgehead atoms. The molecule has 4 nitrogen and oxygen atoms in total. The molecule has 2 rings (SSSR count). The van der Waals surface area contributed by atoms with E-state index in [4.69, 9.17) is 0 Å². The summed E-state index contributed by atoms with van der Waals surface area (Å²) in [6.07, 6.45) is 8.46. The zero-order valence-electron chi connectivity index (χ0n) is 10.4. The Hall–Kier alpha value is -1.71. The number of aryl methyl sites for hydroxylation is 2. The lowest BCUT2D eigenvalue weighted by Gasteiger charge is -2.00. The van der Waals surface area contributed by atoms with Crippen LogP contribution >= 0.6 is 0 Å². The van der Waals surface area contributed by atoms with Crippen LogP contribution in [0.25, 0.3) is 11.3 Å². The Morgan fingerprint density at radius 2 is 2.06 bits per heavy atom. The summed E-state index contributed by atoms with van der Waals surface area (Å²) < 4.78 is 1.77. The SMILES string of the molecule is CCCCCc1ccc(-c2cnn(C)c2)nn1. The van der Waals surface area contributed by atoms with Gasteiger partial charge >= 0.3 is 0 Å². The average molecular weight is 230 g/mol. The molecule has 0 aromatic carbocycles. The van der Waals surface area contributed by atoms with Crippen molar-refractivity contribution in [1.82, 2.24) is 20.0 Å². The second-order valence-electron chi connectivity index (χ2n) is 4.27. The first-order valence-corrected chi connectivity index (χ1v) is 6.11. The minimum atomic E-state index is 0.886. The average Bonchev–Trinajstić information content (AvgIpc) is 2.77. The van der Waals surface area contributed by atoms with E-state index >= 15 is 0 Å². The predicted octanol–water partition coefficient (Wildman–Crippen LogP) is 2.61. The van der Waals surface area contributed by atoms with Gasteiger partial charge in [-0.05, 0) is 25.0 Å². The Balaban J connectivity index is 2.02. The van der Waals surface area contributed by atoms with Gasteiger partial charge in [0.2, 0.25) is 0 Å². The van der Waals surface area contributed by atoms with Gasteiger partial charge in [0.25, 0.3) is 0 Å². The highest BCUT2D eigenvalue weighted by Crippen LogP contribution is 2.14. The van der Waals surface area contributed by atoms with Crippen LogP contribution < -0.4 is 0 Å². The molecule has 2 heterocycles. The maximum atomic E-state index is 4.25. The fraction of sp³-hybridized carbons (Fsp3) is 0.462. The zero-order valence-corrected chi connectivity index (χ0v) is 10.4. The molecule has 0 aliphatic rings. The third-order valence-corrected chi connectivity index (χ3v) is 2.76.